The van der Waals surface area contributed by atoms with Gasteiger partial charge in [0.15, 0.2) is 0 Å². The number of aromatic nitrogens is 6. The second-order valence-electron chi connectivity index (χ2n) is 15.4. The van der Waals surface area contributed by atoms with Gasteiger partial charge in [0.05, 0.1) is 38.8 Å². The van der Waals surface area contributed by atoms with Crippen molar-refractivity contribution in [3.63, 3.8) is 0 Å². The number of pyridine rings is 1. The molecular formula is C51H39N7O. The number of aryl methyl sites for hydroxylation is 1. The summed E-state index contributed by atoms with van der Waals surface area (Å²) in [6.45, 7) is 4.22. The van der Waals surface area contributed by atoms with Gasteiger partial charge in [-0.15, -0.1) is 0 Å². The number of fused-ring (bicyclic) bond motifs is 6. The fourth-order valence-electron chi connectivity index (χ4n) is 8.81. The van der Waals surface area contributed by atoms with Gasteiger partial charge in [0.1, 0.15) is 0 Å². The molecule has 11 rings (SSSR count). The van der Waals surface area contributed by atoms with Gasteiger partial charge in [-0.1, -0.05) is 91.0 Å². The van der Waals surface area contributed by atoms with Crippen LogP contribution in [0.2, 0.25) is 0 Å². The summed E-state index contributed by atoms with van der Waals surface area (Å²) >= 11 is 0. The minimum absolute atomic E-state index is 0.0755. The summed E-state index contributed by atoms with van der Waals surface area (Å²) in [6, 6.07) is 52.3. The van der Waals surface area contributed by atoms with Crippen molar-refractivity contribution in [2.24, 2.45) is 0 Å². The molecule has 0 saturated carbocycles. The molecule has 2 N–H and O–H groups in total. The molecule has 0 radical (unpaired) electrons. The minimum Gasteiger partial charge on any atom is -0.328 e. The fraction of sp³-hybridized carbons (Fsp3) is 0.0784. The Labute approximate surface area is 340 Å². The van der Waals surface area contributed by atoms with Crippen molar-refractivity contribution in [3.8, 4) is 22.5 Å². The largest absolute Gasteiger partial charge is 0.328 e. The molecule has 10 aromatic rings. The highest BCUT2D eigenvalue weighted by molar-refractivity contribution is 5.92. The van der Waals surface area contributed by atoms with Crippen LogP contribution in [0.5, 0.6) is 0 Å². The highest BCUT2D eigenvalue weighted by atomic mass is 16.1. The Morgan fingerprint density at radius 1 is 0.661 bits per heavy atom. The van der Waals surface area contributed by atoms with Crippen LogP contribution >= 0.6 is 0 Å². The first-order valence-electron chi connectivity index (χ1n) is 20.0. The van der Waals surface area contributed by atoms with Crippen LogP contribution in [0.25, 0.3) is 67.0 Å². The smallest absolute Gasteiger partial charge is 0.255 e. The van der Waals surface area contributed by atoms with E-state index < -0.39 is 0 Å². The van der Waals surface area contributed by atoms with Crippen molar-refractivity contribution in [2.45, 2.75) is 26.2 Å². The van der Waals surface area contributed by atoms with E-state index in [9.17, 15) is 4.79 Å². The van der Waals surface area contributed by atoms with E-state index in [4.69, 9.17) is 9.97 Å². The first kappa shape index (κ1) is 34.5. The highest BCUT2D eigenvalue weighted by Crippen LogP contribution is 2.38. The molecule has 0 bridgehead atoms. The van der Waals surface area contributed by atoms with Crippen molar-refractivity contribution in [1.82, 2.24) is 28.5 Å². The lowest BCUT2D eigenvalue weighted by molar-refractivity contribution is 0.858. The van der Waals surface area contributed by atoms with Gasteiger partial charge in [-0.25, -0.2) is 9.97 Å². The molecule has 0 saturated heterocycles. The van der Waals surface area contributed by atoms with Crippen LogP contribution in [0.1, 0.15) is 36.0 Å². The predicted octanol–water partition coefficient (Wildman–Crippen LogP) is 11.7. The van der Waals surface area contributed by atoms with E-state index in [1.54, 1.807) is 0 Å². The fourth-order valence-corrected chi connectivity index (χ4v) is 8.81. The van der Waals surface area contributed by atoms with E-state index >= 15 is 0 Å². The van der Waals surface area contributed by atoms with Crippen LogP contribution in [0.15, 0.2) is 180 Å². The standard InChI is InChI=1S/C51H39N7O/c1-32-25-26-36(34-14-11-16-38(27-34)53-50-54-42-18-4-7-21-45(42)57(50)44-20-6-3-13-33(44)2)29-40(32)41-30-37(31-52-49(41)59)35-15-12-17-39(28-35)56-47-23-9-10-24-48(47)58-46-22-8-5-19-43(46)55-51(56)58/h3-28,30-31,36H,29H2,1-2H3,(H,52,59)(H,53,54). The van der Waals surface area contributed by atoms with Crippen molar-refractivity contribution >= 4 is 56.1 Å². The van der Waals surface area contributed by atoms with Gasteiger partial charge < -0.3 is 10.3 Å². The summed E-state index contributed by atoms with van der Waals surface area (Å²) < 4.78 is 6.64. The zero-order valence-electron chi connectivity index (χ0n) is 32.6. The summed E-state index contributed by atoms with van der Waals surface area (Å²) in [5.74, 6) is 1.69. The Hall–Kier alpha value is -7.71. The number of hydrogen-bond donors (Lipinski definition) is 2. The van der Waals surface area contributed by atoms with Gasteiger partial charge in [0.2, 0.25) is 11.7 Å². The molecule has 1 aliphatic carbocycles. The molecule has 1 aliphatic rings. The van der Waals surface area contributed by atoms with Gasteiger partial charge in [-0.3, -0.25) is 18.3 Å². The number of hydrogen-bond acceptors (Lipinski definition) is 4. The van der Waals surface area contributed by atoms with Crippen molar-refractivity contribution in [1.29, 1.82) is 0 Å². The minimum atomic E-state index is -0.0963. The van der Waals surface area contributed by atoms with E-state index in [1.165, 1.54) is 5.56 Å². The van der Waals surface area contributed by atoms with Gasteiger partial charge in [-0.2, -0.15) is 0 Å². The number of aromatic amines is 1. The molecule has 284 valence electrons. The summed E-state index contributed by atoms with van der Waals surface area (Å²) in [7, 11) is 0. The Morgan fingerprint density at radius 2 is 1.39 bits per heavy atom. The van der Waals surface area contributed by atoms with Gasteiger partial charge in [0.25, 0.3) is 5.56 Å². The molecule has 1 unspecified atom stereocenters. The van der Waals surface area contributed by atoms with E-state index in [2.05, 4.69) is 177 Å². The topological polar surface area (TPSA) is 84.9 Å². The molecule has 1 atom stereocenters. The molecule has 4 aromatic heterocycles. The predicted molar refractivity (Wildman–Crippen MR) is 240 cm³/mol. The van der Waals surface area contributed by atoms with Crippen LogP contribution in [0.4, 0.5) is 11.6 Å². The second kappa shape index (κ2) is 13.7. The first-order chi connectivity index (χ1) is 29.0. The molecule has 0 amide bonds. The normalized spacial score (nSPS) is 14.3. The molecule has 0 fully saturated rings. The SMILES string of the molecule is CC1=C(c2cc(-c3cccc(-n4c5ccccc5n5c6ccccc6nc45)c3)c[nH]c2=O)CC(c2cccc(Nc3nc4ccccc4n3-c3ccccc3C)c2)C=C1. The van der Waals surface area contributed by atoms with E-state index in [1.807, 2.05) is 30.5 Å². The van der Waals surface area contributed by atoms with Crippen molar-refractivity contribution < 1.29 is 0 Å². The number of para-hydroxylation sites is 7. The van der Waals surface area contributed by atoms with E-state index in [0.717, 1.165) is 89.7 Å². The van der Waals surface area contributed by atoms with Gasteiger partial charge in [-0.05, 0) is 126 Å². The zero-order chi connectivity index (χ0) is 39.6. The molecule has 0 spiro atoms. The quantitative estimate of drug-likeness (QED) is 0.169. The van der Waals surface area contributed by atoms with E-state index in [-0.39, 0.29) is 11.5 Å². The van der Waals surface area contributed by atoms with E-state index in [0.29, 0.717) is 12.0 Å². The number of benzene rings is 6. The summed E-state index contributed by atoms with van der Waals surface area (Å²) in [5, 5.41) is 3.65. The summed E-state index contributed by atoms with van der Waals surface area (Å²) in [4.78, 5) is 26.8. The maximum atomic E-state index is 13.7. The Kier molecular flexibility index (Phi) is 8.04. The van der Waals surface area contributed by atoms with Crippen LogP contribution in [-0.4, -0.2) is 28.5 Å². The molecule has 4 heterocycles. The molecular weight excluding hydrogens is 727 g/mol. The van der Waals surface area contributed by atoms with Crippen molar-refractivity contribution in [3.05, 3.63) is 203 Å². The third kappa shape index (κ3) is 5.79. The summed E-state index contributed by atoms with van der Waals surface area (Å²) in [5.41, 5.74) is 16.2. The molecule has 59 heavy (non-hydrogen) atoms. The number of H-pyrrole nitrogens is 1. The van der Waals surface area contributed by atoms with Crippen LogP contribution in [0, 0.1) is 6.92 Å². The lowest BCUT2D eigenvalue weighted by Gasteiger charge is -2.23. The average molecular weight is 766 g/mol. The molecule has 8 nitrogen and oxygen atoms in total. The monoisotopic (exact) mass is 765 g/mol. The number of allylic oxidation sites excluding steroid dienone is 4. The van der Waals surface area contributed by atoms with Crippen LogP contribution in [-0.2, 0) is 0 Å². The average Bonchev–Trinajstić information content (AvgIpc) is 3.93. The summed E-state index contributed by atoms with van der Waals surface area (Å²) in [6.07, 6.45) is 6.93. The lowest BCUT2D eigenvalue weighted by Crippen LogP contribution is -2.15. The molecule has 0 aliphatic heterocycles. The molecule has 8 heteroatoms. The zero-order valence-corrected chi connectivity index (χ0v) is 32.6. The maximum absolute atomic E-state index is 13.7. The van der Waals surface area contributed by atoms with Crippen LogP contribution in [0.3, 0.4) is 0 Å². The third-order valence-corrected chi connectivity index (χ3v) is 11.7. The third-order valence-electron chi connectivity index (χ3n) is 11.7. The van der Waals surface area contributed by atoms with Crippen molar-refractivity contribution in [2.75, 3.05) is 5.32 Å². The Balaban J connectivity index is 0.917. The lowest BCUT2D eigenvalue weighted by atomic mass is 9.82. The highest BCUT2D eigenvalue weighted by Gasteiger charge is 2.22. The number of imidazole rings is 3. The van der Waals surface area contributed by atoms with Gasteiger partial charge >= 0.3 is 0 Å². The number of nitrogens with one attached hydrogen (secondary N) is 2. The Morgan fingerprint density at radius 3 is 2.24 bits per heavy atom. The molecule has 6 aromatic carbocycles. The number of rotatable bonds is 7. The Bertz CT molecular complexity index is 3410. The maximum Gasteiger partial charge on any atom is 0.255 e. The number of anilines is 2. The van der Waals surface area contributed by atoms with Crippen LogP contribution < -0.4 is 10.9 Å². The first-order valence-corrected chi connectivity index (χ1v) is 20.0. The second-order valence-corrected chi connectivity index (χ2v) is 15.4. The van der Waals surface area contributed by atoms with Gasteiger partial charge in [0, 0.05) is 29.1 Å². The number of nitrogens with zero attached hydrogens (tertiary/aromatic N) is 5.